The van der Waals surface area contributed by atoms with E-state index in [1.54, 1.807) is 0 Å². The van der Waals surface area contributed by atoms with Crippen molar-refractivity contribution in [2.45, 2.75) is 70.1 Å². The number of nitrogens with one attached hydrogen (secondary N) is 2. The topological polar surface area (TPSA) is 93.7 Å². The van der Waals surface area contributed by atoms with Crippen molar-refractivity contribution in [2.24, 2.45) is 5.92 Å². The molecule has 3 rings (SSSR count). The molecule has 158 valence electrons. The molecule has 0 spiro atoms. The molecular formula is C22H30N2O5. The Morgan fingerprint density at radius 3 is 2.48 bits per heavy atom. The minimum atomic E-state index is -0.883. The van der Waals surface area contributed by atoms with E-state index in [1.165, 1.54) is 6.42 Å². The fourth-order valence-corrected chi connectivity index (χ4v) is 4.00. The number of ether oxygens (including phenoxy) is 2. The van der Waals surface area contributed by atoms with E-state index in [0.717, 1.165) is 44.2 Å². The van der Waals surface area contributed by atoms with Gasteiger partial charge in [-0.15, -0.1) is 0 Å². The van der Waals surface area contributed by atoms with Crippen LogP contribution in [0.1, 0.15) is 56.9 Å². The molecule has 29 heavy (non-hydrogen) atoms. The number of carbonyl (C=O) groups excluding carboxylic acids is 3. The molecule has 2 N–H and O–H groups in total. The molecule has 1 aromatic rings. The highest BCUT2D eigenvalue weighted by molar-refractivity contribution is 5.92. The average molecular weight is 402 g/mol. The van der Waals surface area contributed by atoms with Crippen molar-refractivity contribution in [3.8, 4) is 0 Å². The number of esters is 2. The first-order chi connectivity index (χ1) is 14.1. The molecule has 1 saturated carbocycles. The van der Waals surface area contributed by atoms with Crippen LogP contribution in [0, 0.1) is 5.92 Å². The van der Waals surface area contributed by atoms with Crippen LogP contribution in [0.3, 0.4) is 0 Å². The Morgan fingerprint density at radius 1 is 1.03 bits per heavy atom. The minimum absolute atomic E-state index is 0.114. The van der Waals surface area contributed by atoms with Gasteiger partial charge in [-0.2, -0.15) is 0 Å². The molecule has 2 fully saturated rings. The van der Waals surface area contributed by atoms with E-state index in [0.29, 0.717) is 18.8 Å². The van der Waals surface area contributed by atoms with Gasteiger partial charge in [0.05, 0.1) is 0 Å². The number of rotatable bonds is 7. The van der Waals surface area contributed by atoms with Gasteiger partial charge in [-0.1, -0.05) is 62.4 Å². The first kappa shape index (κ1) is 21.3. The lowest BCUT2D eigenvalue weighted by molar-refractivity contribution is -0.162. The zero-order valence-corrected chi connectivity index (χ0v) is 16.7. The standard InChI is InChI=1S/C22H30N2O5/c25-20(18-12-7-13-23-18)29-21(26)19(14-16-8-3-1-4-9-16)24-22(27)28-15-17-10-5-2-6-11-17/h2,5-6,10-11,16,18-19,23H,1,3-4,7-9,12-15H2,(H,24,27)/t18-,19?/m0/s1. The molecule has 1 saturated heterocycles. The number of benzene rings is 1. The van der Waals surface area contributed by atoms with E-state index in [1.807, 2.05) is 30.3 Å². The van der Waals surface area contributed by atoms with E-state index in [9.17, 15) is 14.4 Å². The Balaban J connectivity index is 1.56. The monoisotopic (exact) mass is 402 g/mol. The summed E-state index contributed by atoms with van der Waals surface area (Å²) in [5, 5.41) is 5.64. The highest BCUT2D eigenvalue weighted by Gasteiger charge is 2.32. The molecule has 1 aliphatic carbocycles. The van der Waals surface area contributed by atoms with Gasteiger partial charge in [0.25, 0.3) is 0 Å². The molecule has 1 aromatic carbocycles. The largest absolute Gasteiger partial charge is 0.445 e. The average Bonchev–Trinajstić information content (AvgIpc) is 3.28. The van der Waals surface area contributed by atoms with Crippen LogP contribution in [-0.2, 0) is 25.7 Å². The second-order valence-electron chi connectivity index (χ2n) is 7.89. The summed E-state index contributed by atoms with van der Waals surface area (Å²) in [6, 6.07) is 8.00. The van der Waals surface area contributed by atoms with E-state index >= 15 is 0 Å². The van der Waals surface area contributed by atoms with Crippen molar-refractivity contribution in [2.75, 3.05) is 6.54 Å². The van der Waals surface area contributed by atoms with Crippen molar-refractivity contribution in [1.82, 2.24) is 10.6 Å². The third-order valence-corrected chi connectivity index (χ3v) is 5.63. The molecule has 7 heteroatoms. The zero-order chi connectivity index (χ0) is 20.5. The molecule has 0 aromatic heterocycles. The first-order valence-electron chi connectivity index (χ1n) is 10.6. The molecular weight excluding hydrogens is 372 g/mol. The number of hydrogen-bond acceptors (Lipinski definition) is 6. The van der Waals surface area contributed by atoms with Gasteiger partial charge in [-0.05, 0) is 37.3 Å². The van der Waals surface area contributed by atoms with Gasteiger partial charge >= 0.3 is 18.0 Å². The van der Waals surface area contributed by atoms with Crippen molar-refractivity contribution in [1.29, 1.82) is 0 Å². The van der Waals surface area contributed by atoms with E-state index in [4.69, 9.17) is 9.47 Å². The number of hydrogen-bond donors (Lipinski definition) is 2. The van der Waals surface area contributed by atoms with Crippen molar-refractivity contribution >= 4 is 18.0 Å². The second kappa shape index (κ2) is 11.0. The molecule has 1 amide bonds. The van der Waals surface area contributed by atoms with E-state index < -0.39 is 30.1 Å². The van der Waals surface area contributed by atoms with Gasteiger partial charge in [-0.3, -0.25) is 0 Å². The maximum Gasteiger partial charge on any atom is 0.408 e. The van der Waals surface area contributed by atoms with Crippen LogP contribution >= 0.6 is 0 Å². The molecule has 0 radical (unpaired) electrons. The Hall–Kier alpha value is -2.41. The summed E-state index contributed by atoms with van der Waals surface area (Å²) in [4.78, 5) is 37.1. The van der Waals surface area contributed by atoms with Gasteiger partial charge < -0.3 is 20.1 Å². The first-order valence-corrected chi connectivity index (χ1v) is 10.6. The Kier molecular flexibility index (Phi) is 8.04. The summed E-state index contributed by atoms with van der Waals surface area (Å²) in [7, 11) is 0. The summed E-state index contributed by atoms with van der Waals surface area (Å²) in [6.45, 7) is 0.853. The maximum atomic E-state index is 12.7. The smallest absolute Gasteiger partial charge is 0.408 e. The maximum absolute atomic E-state index is 12.7. The Bertz CT molecular complexity index is 682. The minimum Gasteiger partial charge on any atom is -0.445 e. The van der Waals surface area contributed by atoms with Crippen LogP contribution in [-0.4, -0.2) is 36.7 Å². The van der Waals surface area contributed by atoms with Gasteiger partial charge in [0, 0.05) is 0 Å². The zero-order valence-electron chi connectivity index (χ0n) is 16.7. The van der Waals surface area contributed by atoms with E-state index in [-0.39, 0.29) is 6.61 Å². The van der Waals surface area contributed by atoms with Crippen LogP contribution in [0.15, 0.2) is 30.3 Å². The normalized spacial score (nSPS) is 20.6. The molecule has 0 bridgehead atoms. The summed E-state index contributed by atoms with van der Waals surface area (Å²) in [5.74, 6) is -0.943. The molecule has 1 aliphatic heterocycles. The predicted molar refractivity (Wildman–Crippen MR) is 107 cm³/mol. The van der Waals surface area contributed by atoms with Crippen molar-refractivity contribution < 1.29 is 23.9 Å². The van der Waals surface area contributed by atoms with Crippen LogP contribution < -0.4 is 10.6 Å². The number of carbonyl (C=O) groups is 3. The fraction of sp³-hybridized carbons (Fsp3) is 0.591. The predicted octanol–water partition coefficient (Wildman–Crippen LogP) is 3.07. The third-order valence-electron chi connectivity index (χ3n) is 5.63. The Labute approximate surface area is 171 Å². The van der Waals surface area contributed by atoms with Gasteiger partial charge in [0.2, 0.25) is 0 Å². The SMILES string of the molecule is O=C(NC(CC1CCCCC1)C(=O)OC(=O)[C@@H]1CCCN1)OCc1ccccc1. The van der Waals surface area contributed by atoms with Crippen LogP contribution in [0.25, 0.3) is 0 Å². The van der Waals surface area contributed by atoms with Crippen LogP contribution in [0.5, 0.6) is 0 Å². The molecule has 7 nitrogen and oxygen atoms in total. The van der Waals surface area contributed by atoms with Gasteiger partial charge in [0.15, 0.2) is 0 Å². The van der Waals surface area contributed by atoms with Gasteiger partial charge in [0.1, 0.15) is 18.7 Å². The lowest BCUT2D eigenvalue weighted by Crippen LogP contribution is -2.45. The van der Waals surface area contributed by atoms with Gasteiger partial charge in [-0.25, -0.2) is 14.4 Å². The lowest BCUT2D eigenvalue weighted by atomic mass is 9.85. The van der Waals surface area contributed by atoms with Crippen molar-refractivity contribution in [3.63, 3.8) is 0 Å². The molecule has 1 unspecified atom stereocenters. The van der Waals surface area contributed by atoms with E-state index in [2.05, 4.69) is 10.6 Å². The molecule has 2 atom stereocenters. The lowest BCUT2D eigenvalue weighted by Gasteiger charge is -2.26. The summed E-state index contributed by atoms with van der Waals surface area (Å²) in [6.07, 6.45) is 6.79. The fourth-order valence-electron chi connectivity index (χ4n) is 4.00. The number of alkyl carbamates (subject to hydrolysis) is 1. The third kappa shape index (κ3) is 6.85. The highest BCUT2D eigenvalue weighted by Crippen LogP contribution is 2.27. The second-order valence-corrected chi connectivity index (χ2v) is 7.89. The summed E-state index contributed by atoms with van der Waals surface area (Å²) < 4.78 is 10.3. The molecule has 2 aliphatic rings. The summed E-state index contributed by atoms with van der Waals surface area (Å²) in [5.41, 5.74) is 0.858. The van der Waals surface area contributed by atoms with Crippen molar-refractivity contribution in [3.05, 3.63) is 35.9 Å². The highest BCUT2D eigenvalue weighted by atomic mass is 16.6. The number of amides is 1. The van der Waals surface area contributed by atoms with Crippen LogP contribution in [0.4, 0.5) is 4.79 Å². The Morgan fingerprint density at radius 2 is 1.79 bits per heavy atom. The van der Waals surface area contributed by atoms with Crippen LogP contribution in [0.2, 0.25) is 0 Å². The molecule has 1 heterocycles. The summed E-state index contributed by atoms with van der Waals surface area (Å²) >= 11 is 0. The quantitative estimate of drug-likeness (QED) is 0.538.